The van der Waals surface area contributed by atoms with E-state index in [4.69, 9.17) is 15.6 Å². The van der Waals surface area contributed by atoms with E-state index in [2.05, 4.69) is 15.5 Å². The molecule has 2 aromatic heterocycles. The number of aryl methyl sites for hydroxylation is 3. The summed E-state index contributed by atoms with van der Waals surface area (Å²) in [6.07, 6.45) is 4.23. The Hall–Kier alpha value is -2.15. The Morgan fingerprint density at radius 2 is 2.00 bits per heavy atom. The second kappa shape index (κ2) is 5.33. The number of rotatable bonds is 3. The predicted molar refractivity (Wildman–Crippen MR) is 80.0 cm³/mol. The molecule has 21 heavy (non-hydrogen) atoms. The molecule has 3 rings (SSSR count). The number of aromatic nitrogens is 4. The molecule has 7 heteroatoms. The third-order valence-corrected chi connectivity index (χ3v) is 3.91. The number of methoxy groups -OCH3 is 1. The molecule has 0 radical (unpaired) electrons. The lowest BCUT2D eigenvalue weighted by Gasteiger charge is -2.18. The molecule has 0 fully saturated rings. The van der Waals surface area contributed by atoms with Crippen LogP contribution in [0.3, 0.4) is 0 Å². The van der Waals surface area contributed by atoms with E-state index in [9.17, 15) is 0 Å². The largest absolute Gasteiger partial charge is 0.481 e. The summed E-state index contributed by atoms with van der Waals surface area (Å²) in [6, 6.07) is 0. The molecular formula is C14H20N6O. The number of fused-ring (bicyclic) bond motifs is 1. The highest BCUT2D eigenvalue weighted by Crippen LogP contribution is 2.33. The van der Waals surface area contributed by atoms with Crippen LogP contribution in [0.4, 0.5) is 5.82 Å². The first kappa shape index (κ1) is 13.8. The van der Waals surface area contributed by atoms with Crippen LogP contribution in [-0.2, 0) is 19.9 Å². The van der Waals surface area contributed by atoms with Crippen molar-refractivity contribution in [2.75, 3.05) is 12.5 Å². The van der Waals surface area contributed by atoms with Gasteiger partial charge in [-0.3, -0.25) is 0 Å². The minimum Gasteiger partial charge on any atom is -0.481 e. The van der Waals surface area contributed by atoms with Gasteiger partial charge in [-0.1, -0.05) is 0 Å². The number of nitrogens with one attached hydrogen (secondary N) is 1. The van der Waals surface area contributed by atoms with Gasteiger partial charge < -0.3 is 10.2 Å². The van der Waals surface area contributed by atoms with Gasteiger partial charge in [0.25, 0.3) is 0 Å². The predicted octanol–water partition coefficient (Wildman–Crippen LogP) is 1.36. The molecule has 112 valence electrons. The first-order valence-electron chi connectivity index (χ1n) is 7.10. The molecule has 0 unspecified atom stereocenters. The lowest BCUT2D eigenvalue weighted by atomic mass is 9.96. The first-order chi connectivity index (χ1) is 10.2. The van der Waals surface area contributed by atoms with Gasteiger partial charge in [-0.2, -0.15) is 5.10 Å². The van der Waals surface area contributed by atoms with E-state index in [1.807, 2.05) is 14.0 Å². The van der Waals surface area contributed by atoms with E-state index < -0.39 is 0 Å². The van der Waals surface area contributed by atoms with Crippen LogP contribution in [0, 0.1) is 6.92 Å². The summed E-state index contributed by atoms with van der Waals surface area (Å²) in [7, 11) is 3.47. The zero-order valence-corrected chi connectivity index (χ0v) is 12.6. The number of nitrogens with zero attached hydrogens (tertiary/aromatic N) is 4. The summed E-state index contributed by atoms with van der Waals surface area (Å²) < 4.78 is 7.14. The molecule has 1 aliphatic rings. The maximum atomic E-state index is 5.64. The van der Waals surface area contributed by atoms with E-state index in [0.29, 0.717) is 17.5 Å². The van der Waals surface area contributed by atoms with E-state index >= 15 is 0 Å². The number of hydrogen-bond donors (Lipinski definition) is 2. The Balaban J connectivity index is 2.19. The molecule has 2 heterocycles. The lowest BCUT2D eigenvalue weighted by Crippen LogP contribution is -2.17. The van der Waals surface area contributed by atoms with Gasteiger partial charge in [0.2, 0.25) is 5.88 Å². The second-order valence-corrected chi connectivity index (χ2v) is 5.27. The van der Waals surface area contributed by atoms with Gasteiger partial charge in [0.1, 0.15) is 11.4 Å². The summed E-state index contributed by atoms with van der Waals surface area (Å²) in [5, 5.41) is 4.39. The Labute approximate surface area is 123 Å². The smallest absolute Gasteiger partial charge is 0.222 e. The normalized spacial score (nSPS) is 13.9. The van der Waals surface area contributed by atoms with Crippen molar-refractivity contribution >= 4 is 5.82 Å². The minimum absolute atomic E-state index is 0.617. The molecule has 1 aliphatic carbocycles. The van der Waals surface area contributed by atoms with Gasteiger partial charge >= 0.3 is 0 Å². The van der Waals surface area contributed by atoms with Crippen molar-refractivity contribution in [3.05, 3.63) is 17.0 Å². The molecule has 2 aromatic rings. The van der Waals surface area contributed by atoms with Gasteiger partial charge in [-0.05, 0) is 32.6 Å². The van der Waals surface area contributed by atoms with Crippen molar-refractivity contribution < 1.29 is 4.74 Å². The van der Waals surface area contributed by atoms with Crippen LogP contribution in [0.15, 0.2) is 0 Å². The molecule has 0 saturated heterocycles. The van der Waals surface area contributed by atoms with Crippen LogP contribution in [-0.4, -0.2) is 26.9 Å². The molecule has 3 N–H and O–H groups in total. The highest BCUT2D eigenvalue weighted by atomic mass is 16.5. The third-order valence-electron chi connectivity index (χ3n) is 3.91. The average Bonchev–Trinajstić information content (AvgIpc) is 2.79. The Morgan fingerprint density at radius 1 is 1.24 bits per heavy atom. The summed E-state index contributed by atoms with van der Waals surface area (Å²) in [5.41, 5.74) is 6.58. The highest BCUT2D eigenvalue weighted by Gasteiger charge is 2.23. The fourth-order valence-electron chi connectivity index (χ4n) is 2.95. The summed E-state index contributed by atoms with van der Waals surface area (Å²) in [6.45, 7) is 1.93. The number of anilines is 1. The SMILES string of the molecule is COc1c(-c2nc3c(c(NN)n2)CCCC3)c(C)nn1C. The maximum absolute atomic E-state index is 5.64. The van der Waals surface area contributed by atoms with Gasteiger partial charge in [0.05, 0.1) is 12.8 Å². The van der Waals surface area contributed by atoms with Crippen molar-refractivity contribution in [3.8, 4) is 17.3 Å². The number of hydrazine groups is 1. The number of ether oxygens (including phenoxy) is 1. The third kappa shape index (κ3) is 2.23. The molecule has 0 aliphatic heterocycles. The fraction of sp³-hybridized carbons (Fsp3) is 0.500. The molecule has 0 spiro atoms. The van der Waals surface area contributed by atoms with Crippen LogP contribution >= 0.6 is 0 Å². The lowest BCUT2D eigenvalue weighted by molar-refractivity contribution is 0.374. The Bertz CT molecular complexity index is 661. The summed E-state index contributed by atoms with van der Waals surface area (Å²) >= 11 is 0. The molecule has 0 bridgehead atoms. The number of nitrogen functional groups attached to an aromatic ring is 1. The van der Waals surface area contributed by atoms with Gasteiger partial charge in [-0.25, -0.2) is 20.5 Å². The van der Waals surface area contributed by atoms with Gasteiger partial charge in [-0.15, -0.1) is 0 Å². The van der Waals surface area contributed by atoms with Gasteiger partial charge in [0, 0.05) is 18.3 Å². The Morgan fingerprint density at radius 3 is 2.71 bits per heavy atom. The monoisotopic (exact) mass is 288 g/mol. The average molecular weight is 288 g/mol. The quantitative estimate of drug-likeness (QED) is 0.654. The fourth-order valence-corrected chi connectivity index (χ4v) is 2.95. The molecule has 7 nitrogen and oxygen atoms in total. The minimum atomic E-state index is 0.617. The molecule has 0 amide bonds. The molecule has 0 saturated carbocycles. The summed E-state index contributed by atoms with van der Waals surface area (Å²) in [4.78, 5) is 9.31. The first-order valence-corrected chi connectivity index (χ1v) is 7.10. The van der Waals surface area contributed by atoms with Crippen LogP contribution in [0.5, 0.6) is 5.88 Å². The van der Waals surface area contributed by atoms with Crippen molar-refractivity contribution in [3.63, 3.8) is 0 Å². The topological polar surface area (TPSA) is 90.9 Å². The molecule has 0 aromatic carbocycles. The van der Waals surface area contributed by atoms with E-state index in [1.54, 1.807) is 11.8 Å². The van der Waals surface area contributed by atoms with E-state index in [-0.39, 0.29) is 0 Å². The van der Waals surface area contributed by atoms with Crippen LogP contribution in [0.2, 0.25) is 0 Å². The van der Waals surface area contributed by atoms with E-state index in [1.165, 1.54) is 0 Å². The molecule has 0 atom stereocenters. The maximum Gasteiger partial charge on any atom is 0.222 e. The van der Waals surface area contributed by atoms with Crippen molar-refractivity contribution in [1.82, 2.24) is 19.7 Å². The summed E-state index contributed by atoms with van der Waals surface area (Å²) in [5.74, 6) is 7.63. The number of hydrogen-bond acceptors (Lipinski definition) is 6. The van der Waals surface area contributed by atoms with E-state index in [0.717, 1.165) is 48.2 Å². The van der Waals surface area contributed by atoms with Crippen LogP contribution in [0.1, 0.15) is 29.8 Å². The van der Waals surface area contributed by atoms with Crippen LogP contribution < -0.4 is 16.0 Å². The zero-order valence-electron chi connectivity index (χ0n) is 12.6. The van der Waals surface area contributed by atoms with Crippen molar-refractivity contribution in [2.45, 2.75) is 32.6 Å². The standard InChI is InChI=1S/C14H20N6O/c1-8-11(14(21-3)20(2)19-8)13-16-10-7-5-4-6-9(10)12(17-13)18-15/h4-7,15H2,1-3H3,(H,16,17,18). The Kier molecular flexibility index (Phi) is 3.50. The van der Waals surface area contributed by atoms with Crippen molar-refractivity contribution in [2.24, 2.45) is 12.9 Å². The molecular weight excluding hydrogens is 268 g/mol. The van der Waals surface area contributed by atoms with Crippen molar-refractivity contribution in [1.29, 1.82) is 0 Å². The zero-order chi connectivity index (χ0) is 15.0. The highest BCUT2D eigenvalue weighted by molar-refractivity contribution is 5.67. The second-order valence-electron chi connectivity index (χ2n) is 5.27. The number of nitrogens with two attached hydrogens (primary N) is 1. The van der Waals surface area contributed by atoms with Crippen LogP contribution in [0.25, 0.3) is 11.4 Å². The van der Waals surface area contributed by atoms with Gasteiger partial charge in [0.15, 0.2) is 5.82 Å².